The third-order valence-electron chi connectivity index (χ3n) is 3.29. The number of nitrogen functional groups attached to an aromatic ring is 1. The minimum Gasteiger partial charge on any atom is -0.398 e. The number of aromatic nitrogens is 3. The van der Waals surface area contributed by atoms with Crippen LogP contribution >= 0.6 is 0 Å². The largest absolute Gasteiger partial charge is 0.398 e. The lowest BCUT2D eigenvalue weighted by Gasteiger charge is -2.03. The van der Waals surface area contributed by atoms with Crippen LogP contribution in [0.4, 0.5) is 5.69 Å². The number of benzene rings is 1. The van der Waals surface area contributed by atoms with E-state index in [0.717, 1.165) is 22.3 Å². The highest BCUT2D eigenvalue weighted by atomic mass is 16.5. The van der Waals surface area contributed by atoms with Crippen LogP contribution in [0.3, 0.4) is 0 Å². The van der Waals surface area contributed by atoms with Gasteiger partial charge < -0.3 is 10.3 Å². The van der Waals surface area contributed by atoms with Crippen LogP contribution in [0.15, 0.2) is 41.2 Å². The van der Waals surface area contributed by atoms with Crippen LogP contribution in [0.25, 0.3) is 22.8 Å². The summed E-state index contributed by atoms with van der Waals surface area (Å²) < 4.78 is 5.36. The van der Waals surface area contributed by atoms with Crippen molar-refractivity contribution in [2.45, 2.75) is 13.8 Å². The van der Waals surface area contributed by atoms with E-state index in [2.05, 4.69) is 15.1 Å². The Kier molecular flexibility index (Phi) is 2.95. The first kappa shape index (κ1) is 12.3. The van der Waals surface area contributed by atoms with E-state index in [-0.39, 0.29) is 0 Å². The van der Waals surface area contributed by atoms with E-state index < -0.39 is 0 Å². The van der Waals surface area contributed by atoms with Gasteiger partial charge in [-0.15, -0.1) is 0 Å². The number of rotatable bonds is 2. The maximum atomic E-state index is 5.90. The number of pyridine rings is 1. The van der Waals surface area contributed by atoms with Gasteiger partial charge in [0.05, 0.1) is 0 Å². The lowest BCUT2D eigenvalue weighted by atomic mass is 10.1. The van der Waals surface area contributed by atoms with Crippen molar-refractivity contribution >= 4 is 5.69 Å². The zero-order valence-electron chi connectivity index (χ0n) is 11.3. The van der Waals surface area contributed by atoms with Crippen molar-refractivity contribution in [2.24, 2.45) is 0 Å². The monoisotopic (exact) mass is 266 g/mol. The van der Waals surface area contributed by atoms with Gasteiger partial charge in [0.25, 0.3) is 5.89 Å². The first-order chi connectivity index (χ1) is 9.66. The molecule has 0 saturated carbocycles. The summed E-state index contributed by atoms with van der Waals surface area (Å²) in [5.74, 6) is 1.03. The fourth-order valence-electron chi connectivity index (χ4n) is 2.05. The molecular formula is C15H14N4O. The molecule has 0 saturated heterocycles. The molecule has 0 radical (unpaired) electrons. The summed E-state index contributed by atoms with van der Waals surface area (Å²) in [5.41, 5.74) is 10.3. The molecule has 0 spiro atoms. The van der Waals surface area contributed by atoms with Crippen LogP contribution < -0.4 is 5.73 Å². The molecule has 0 aliphatic heterocycles. The van der Waals surface area contributed by atoms with Gasteiger partial charge in [0, 0.05) is 29.2 Å². The van der Waals surface area contributed by atoms with E-state index in [4.69, 9.17) is 10.3 Å². The van der Waals surface area contributed by atoms with Crippen LogP contribution in [0.5, 0.6) is 0 Å². The summed E-state index contributed by atoms with van der Waals surface area (Å²) >= 11 is 0. The fourth-order valence-corrected chi connectivity index (χ4v) is 2.05. The summed E-state index contributed by atoms with van der Waals surface area (Å²) in [6.07, 6.45) is 3.49. The smallest absolute Gasteiger partial charge is 0.258 e. The van der Waals surface area contributed by atoms with Crippen LogP contribution in [0, 0.1) is 13.8 Å². The maximum Gasteiger partial charge on any atom is 0.258 e. The average Bonchev–Trinajstić information content (AvgIpc) is 2.92. The van der Waals surface area contributed by atoms with Crippen LogP contribution in [-0.2, 0) is 0 Å². The van der Waals surface area contributed by atoms with Crippen molar-refractivity contribution < 1.29 is 4.52 Å². The molecule has 0 unspecified atom stereocenters. The molecule has 5 heteroatoms. The Bertz CT molecular complexity index is 764. The topological polar surface area (TPSA) is 77.8 Å². The molecule has 2 aromatic heterocycles. The molecule has 5 nitrogen and oxygen atoms in total. The van der Waals surface area contributed by atoms with E-state index in [0.29, 0.717) is 17.4 Å². The third kappa shape index (κ3) is 2.03. The van der Waals surface area contributed by atoms with Gasteiger partial charge in [-0.3, -0.25) is 4.98 Å². The Morgan fingerprint density at radius 1 is 1.10 bits per heavy atom. The quantitative estimate of drug-likeness (QED) is 0.721. The number of nitrogens with zero attached hydrogens (tertiary/aromatic N) is 3. The molecular weight excluding hydrogens is 252 g/mol. The molecule has 0 fully saturated rings. The van der Waals surface area contributed by atoms with Crippen LogP contribution in [0.2, 0.25) is 0 Å². The molecule has 2 heterocycles. The molecule has 0 atom stereocenters. The van der Waals surface area contributed by atoms with E-state index in [1.54, 1.807) is 12.4 Å². The van der Waals surface area contributed by atoms with Gasteiger partial charge in [0.15, 0.2) is 0 Å². The normalized spacial score (nSPS) is 10.7. The zero-order chi connectivity index (χ0) is 14.1. The summed E-state index contributed by atoms with van der Waals surface area (Å²) in [6, 6.07) is 7.51. The van der Waals surface area contributed by atoms with Gasteiger partial charge in [-0.2, -0.15) is 4.98 Å². The van der Waals surface area contributed by atoms with Crippen molar-refractivity contribution in [3.63, 3.8) is 0 Å². The predicted octanol–water partition coefficient (Wildman–Crippen LogP) is 3.00. The van der Waals surface area contributed by atoms with Gasteiger partial charge in [-0.25, -0.2) is 0 Å². The number of nitrogens with two attached hydrogens (primary N) is 1. The van der Waals surface area contributed by atoms with Crippen molar-refractivity contribution in [3.8, 4) is 22.8 Å². The van der Waals surface area contributed by atoms with Crippen molar-refractivity contribution in [3.05, 3.63) is 47.8 Å². The van der Waals surface area contributed by atoms with Gasteiger partial charge in [-0.05, 0) is 43.2 Å². The van der Waals surface area contributed by atoms with Gasteiger partial charge in [-0.1, -0.05) is 11.2 Å². The molecule has 0 aliphatic carbocycles. The second-order valence-corrected chi connectivity index (χ2v) is 4.63. The minimum absolute atomic E-state index is 0.473. The minimum atomic E-state index is 0.473. The van der Waals surface area contributed by atoms with Crippen LogP contribution in [0.1, 0.15) is 11.1 Å². The number of hydrogen-bond donors (Lipinski definition) is 1. The number of aryl methyl sites for hydroxylation is 1. The molecule has 3 rings (SSSR count). The second-order valence-electron chi connectivity index (χ2n) is 4.63. The predicted molar refractivity (Wildman–Crippen MR) is 76.9 cm³/mol. The van der Waals surface area contributed by atoms with Crippen LogP contribution in [-0.4, -0.2) is 15.1 Å². The summed E-state index contributed by atoms with van der Waals surface area (Å²) in [6.45, 7) is 3.90. The molecule has 2 N–H and O–H groups in total. The third-order valence-corrected chi connectivity index (χ3v) is 3.29. The number of hydrogen-bond acceptors (Lipinski definition) is 5. The molecule has 1 aromatic carbocycles. The van der Waals surface area contributed by atoms with E-state index in [1.807, 2.05) is 38.1 Å². The first-order valence-electron chi connectivity index (χ1n) is 6.27. The Hall–Kier alpha value is -2.69. The van der Waals surface area contributed by atoms with E-state index >= 15 is 0 Å². The fraction of sp³-hybridized carbons (Fsp3) is 0.133. The molecule has 0 amide bonds. The second kappa shape index (κ2) is 4.77. The van der Waals surface area contributed by atoms with Crippen molar-refractivity contribution in [1.29, 1.82) is 0 Å². The average molecular weight is 266 g/mol. The maximum absolute atomic E-state index is 5.90. The van der Waals surface area contributed by atoms with E-state index in [9.17, 15) is 0 Å². The molecule has 0 bridgehead atoms. The Balaban J connectivity index is 2.07. The summed E-state index contributed by atoms with van der Waals surface area (Å²) in [7, 11) is 0. The summed E-state index contributed by atoms with van der Waals surface area (Å²) in [5, 5.41) is 4.04. The highest BCUT2D eigenvalue weighted by Gasteiger charge is 2.14. The molecule has 3 aromatic rings. The molecule has 20 heavy (non-hydrogen) atoms. The number of anilines is 1. The zero-order valence-corrected chi connectivity index (χ0v) is 11.3. The SMILES string of the molecule is Cc1cnccc1-c1noc(-c2cccc(N)c2C)n1. The highest BCUT2D eigenvalue weighted by molar-refractivity contribution is 5.68. The van der Waals surface area contributed by atoms with Crippen molar-refractivity contribution in [1.82, 2.24) is 15.1 Å². The molecule has 100 valence electrons. The Morgan fingerprint density at radius 3 is 2.75 bits per heavy atom. The van der Waals surface area contributed by atoms with Gasteiger partial charge in [0.2, 0.25) is 5.82 Å². The van der Waals surface area contributed by atoms with Gasteiger partial charge in [0.1, 0.15) is 0 Å². The highest BCUT2D eigenvalue weighted by Crippen LogP contribution is 2.28. The Labute approximate surface area is 116 Å². The summed E-state index contributed by atoms with van der Waals surface area (Å²) in [4.78, 5) is 8.51. The van der Waals surface area contributed by atoms with Crippen molar-refractivity contribution in [2.75, 3.05) is 5.73 Å². The first-order valence-corrected chi connectivity index (χ1v) is 6.27. The standard InChI is InChI=1S/C15H14N4O/c1-9-8-17-7-6-11(9)14-18-15(20-19-14)12-4-3-5-13(16)10(12)2/h3-8H,16H2,1-2H3. The Morgan fingerprint density at radius 2 is 1.95 bits per heavy atom. The van der Waals surface area contributed by atoms with Gasteiger partial charge >= 0.3 is 0 Å². The van der Waals surface area contributed by atoms with E-state index in [1.165, 1.54) is 0 Å². The lowest BCUT2D eigenvalue weighted by molar-refractivity contribution is 0.432. The lowest BCUT2D eigenvalue weighted by Crippen LogP contribution is -1.92. The molecule has 0 aliphatic rings.